The first-order valence-corrected chi connectivity index (χ1v) is 6.90. The number of nitrogens with one attached hydrogen (secondary N) is 1. The molecular formula is C14H27N3. The van der Waals surface area contributed by atoms with Crippen LogP contribution in [0.5, 0.6) is 0 Å². The Morgan fingerprint density at radius 1 is 1.35 bits per heavy atom. The Bertz CT molecular complexity index is 317. The van der Waals surface area contributed by atoms with Crippen molar-refractivity contribution >= 4 is 0 Å². The van der Waals surface area contributed by atoms with Crippen molar-refractivity contribution in [2.24, 2.45) is 5.92 Å². The van der Waals surface area contributed by atoms with Gasteiger partial charge in [0.25, 0.3) is 0 Å². The smallest absolute Gasteiger partial charge is 0.105 e. The molecular weight excluding hydrogens is 210 g/mol. The maximum absolute atomic E-state index is 4.43. The van der Waals surface area contributed by atoms with Gasteiger partial charge in [-0.25, -0.2) is 4.98 Å². The Labute approximate surface area is 106 Å². The average molecular weight is 237 g/mol. The average Bonchev–Trinajstić information content (AvgIpc) is 2.62. The van der Waals surface area contributed by atoms with Crippen molar-refractivity contribution in [3.8, 4) is 0 Å². The molecule has 1 rings (SSSR count). The lowest BCUT2D eigenvalue weighted by molar-refractivity contribution is 0.429. The zero-order chi connectivity index (χ0) is 12.7. The quantitative estimate of drug-likeness (QED) is 0.704. The van der Waals surface area contributed by atoms with E-state index in [9.17, 15) is 0 Å². The lowest BCUT2D eigenvalue weighted by Crippen LogP contribution is -2.19. The van der Waals surface area contributed by atoms with E-state index in [1.54, 1.807) is 0 Å². The molecule has 1 aromatic rings. The van der Waals surface area contributed by atoms with Crippen molar-refractivity contribution in [2.75, 3.05) is 6.54 Å². The molecule has 98 valence electrons. The minimum Gasteiger partial charge on any atom is -0.331 e. The van der Waals surface area contributed by atoms with E-state index in [0.717, 1.165) is 31.4 Å². The molecule has 0 aliphatic heterocycles. The number of hydrogen-bond donors (Lipinski definition) is 1. The maximum atomic E-state index is 4.43. The van der Waals surface area contributed by atoms with Gasteiger partial charge >= 0.3 is 0 Å². The molecule has 0 radical (unpaired) electrons. The molecule has 1 unspecified atom stereocenters. The summed E-state index contributed by atoms with van der Waals surface area (Å²) < 4.78 is 2.36. The predicted octanol–water partition coefficient (Wildman–Crippen LogP) is 3.13. The lowest BCUT2D eigenvalue weighted by atomic mass is 10.1. The Hall–Kier alpha value is -0.830. The Morgan fingerprint density at radius 2 is 2.12 bits per heavy atom. The van der Waals surface area contributed by atoms with Crippen molar-refractivity contribution in [2.45, 2.75) is 60.0 Å². The van der Waals surface area contributed by atoms with Gasteiger partial charge in [-0.15, -0.1) is 0 Å². The third-order valence-corrected chi connectivity index (χ3v) is 3.15. The molecule has 1 N–H and O–H groups in total. The molecule has 0 aliphatic rings. The first-order valence-electron chi connectivity index (χ1n) is 6.90. The molecule has 0 fully saturated rings. The summed E-state index contributed by atoms with van der Waals surface area (Å²) in [6.07, 6.45) is 5.74. The highest BCUT2D eigenvalue weighted by Gasteiger charge is 2.09. The fourth-order valence-corrected chi connectivity index (χ4v) is 2.19. The van der Waals surface area contributed by atoms with Crippen LogP contribution in [0.3, 0.4) is 0 Å². The van der Waals surface area contributed by atoms with Crippen LogP contribution >= 0.6 is 0 Å². The van der Waals surface area contributed by atoms with Gasteiger partial charge in [0.05, 0.1) is 5.69 Å². The monoisotopic (exact) mass is 237 g/mol. The molecule has 3 nitrogen and oxygen atoms in total. The Balaban J connectivity index is 2.59. The zero-order valence-electron chi connectivity index (χ0n) is 11.8. The van der Waals surface area contributed by atoms with E-state index >= 15 is 0 Å². The van der Waals surface area contributed by atoms with Gasteiger partial charge in [0, 0.05) is 19.3 Å². The van der Waals surface area contributed by atoms with Crippen molar-refractivity contribution in [3.05, 3.63) is 17.7 Å². The second kappa shape index (κ2) is 7.49. The minimum atomic E-state index is 0.734. The van der Waals surface area contributed by atoms with Gasteiger partial charge in [0.1, 0.15) is 5.82 Å². The third-order valence-electron chi connectivity index (χ3n) is 3.15. The van der Waals surface area contributed by atoms with Gasteiger partial charge in [-0.2, -0.15) is 0 Å². The molecule has 3 heteroatoms. The first kappa shape index (κ1) is 14.2. The molecule has 0 bridgehead atoms. The predicted molar refractivity (Wildman–Crippen MR) is 73.0 cm³/mol. The van der Waals surface area contributed by atoms with Crippen LogP contribution in [0.15, 0.2) is 6.20 Å². The van der Waals surface area contributed by atoms with Gasteiger partial charge in [0.15, 0.2) is 0 Å². The number of imidazole rings is 1. The molecule has 17 heavy (non-hydrogen) atoms. The molecule has 0 saturated carbocycles. The van der Waals surface area contributed by atoms with Crippen molar-refractivity contribution < 1.29 is 0 Å². The molecule has 0 saturated heterocycles. The first-order chi connectivity index (χ1) is 8.19. The topological polar surface area (TPSA) is 29.9 Å². The molecule has 1 aromatic heterocycles. The van der Waals surface area contributed by atoms with E-state index < -0.39 is 0 Å². The van der Waals surface area contributed by atoms with Crippen LogP contribution in [0.2, 0.25) is 0 Å². The van der Waals surface area contributed by atoms with E-state index in [0.29, 0.717) is 0 Å². The molecule has 1 atom stereocenters. The summed E-state index contributed by atoms with van der Waals surface area (Å²) >= 11 is 0. The molecule has 0 spiro atoms. The normalized spacial score (nSPS) is 12.9. The summed E-state index contributed by atoms with van der Waals surface area (Å²) in [7, 11) is 0. The van der Waals surface area contributed by atoms with Gasteiger partial charge in [-0.3, -0.25) is 0 Å². The van der Waals surface area contributed by atoms with Crippen LogP contribution in [-0.4, -0.2) is 16.1 Å². The fourth-order valence-electron chi connectivity index (χ4n) is 2.19. The van der Waals surface area contributed by atoms with E-state index in [4.69, 9.17) is 0 Å². The SMILES string of the molecule is CCCNCc1cnc(C)n1CC(C)CCC. The van der Waals surface area contributed by atoms with Crippen molar-refractivity contribution in [1.82, 2.24) is 14.9 Å². The van der Waals surface area contributed by atoms with Gasteiger partial charge in [-0.05, 0) is 32.2 Å². The molecule has 1 heterocycles. The molecule has 0 aliphatic carbocycles. The van der Waals surface area contributed by atoms with Crippen LogP contribution in [0.4, 0.5) is 0 Å². The minimum absolute atomic E-state index is 0.734. The summed E-state index contributed by atoms with van der Waals surface area (Å²) in [4.78, 5) is 4.43. The number of hydrogen-bond acceptors (Lipinski definition) is 2. The van der Waals surface area contributed by atoms with Gasteiger partial charge in [0.2, 0.25) is 0 Å². The van der Waals surface area contributed by atoms with Gasteiger partial charge < -0.3 is 9.88 Å². The van der Waals surface area contributed by atoms with Crippen molar-refractivity contribution in [3.63, 3.8) is 0 Å². The summed E-state index contributed by atoms with van der Waals surface area (Å²) in [6, 6.07) is 0. The highest BCUT2D eigenvalue weighted by atomic mass is 15.1. The standard InChI is InChI=1S/C14H27N3/c1-5-7-12(3)11-17-13(4)16-10-14(17)9-15-8-6-2/h10,12,15H,5-9,11H2,1-4H3. The zero-order valence-corrected chi connectivity index (χ0v) is 11.8. The van der Waals surface area contributed by atoms with Crippen LogP contribution in [-0.2, 0) is 13.1 Å². The second-order valence-corrected chi connectivity index (χ2v) is 4.98. The van der Waals surface area contributed by atoms with Crippen LogP contribution in [0, 0.1) is 12.8 Å². The van der Waals surface area contributed by atoms with Crippen LogP contribution < -0.4 is 5.32 Å². The molecule has 0 aromatic carbocycles. The number of rotatable bonds is 8. The summed E-state index contributed by atoms with van der Waals surface area (Å²) in [6.45, 7) is 12.0. The largest absolute Gasteiger partial charge is 0.331 e. The maximum Gasteiger partial charge on any atom is 0.105 e. The lowest BCUT2D eigenvalue weighted by Gasteiger charge is -2.15. The fraction of sp³-hybridized carbons (Fsp3) is 0.786. The highest BCUT2D eigenvalue weighted by Crippen LogP contribution is 2.13. The third kappa shape index (κ3) is 4.50. The van der Waals surface area contributed by atoms with Gasteiger partial charge in [-0.1, -0.05) is 27.2 Å². The highest BCUT2D eigenvalue weighted by molar-refractivity contribution is 5.04. The second-order valence-electron chi connectivity index (χ2n) is 4.98. The van der Waals surface area contributed by atoms with E-state index in [2.05, 4.69) is 42.6 Å². The number of aryl methyl sites for hydroxylation is 1. The number of nitrogens with zero attached hydrogens (tertiary/aromatic N) is 2. The Kier molecular flexibility index (Phi) is 6.27. The van der Waals surface area contributed by atoms with Crippen LogP contribution in [0.25, 0.3) is 0 Å². The van der Waals surface area contributed by atoms with Crippen molar-refractivity contribution in [1.29, 1.82) is 0 Å². The van der Waals surface area contributed by atoms with Crippen LogP contribution in [0.1, 0.15) is 51.6 Å². The summed E-state index contributed by atoms with van der Waals surface area (Å²) in [5, 5.41) is 3.45. The molecule has 0 amide bonds. The van der Waals surface area contributed by atoms with E-state index in [1.165, 1.54) is 25.0 Å². The summed E-state index contributed by atoms with van der Waals surface area (Å²) in [5.41, 5.74) is 1.32. The number of aromatic nitrogens is 2. The van der Waals surface area contributed by atoms with E-state index in [1.807, 2.05) is 6.20 Å². The van der Waals surface area contributed by atoms with E-state index in [-0.39, 0.29) is 0 Å². The summed E-state index contributed by atoms with van der Waals surface area (Å²) in [5.74, 6) is 1.87. The Morgan fingerprint density at radius 3 is 2.76 bits per heavy atom.